The van der Waals surface area contributed by atoms with Crippen LogP contribution >= 0.6 is 0 Å². The molecule has 62 valence electrons. The second-order valence-electron chi connectivity index (χ2n) is 4.45. The van der Waals surface area contributed by atoms with Crippen LogP contribution in [0, 0.1) is 10.8 Å². The lowest BCUT2D eigenvalue weighted by Gasteiger charge is -2.33. The highest BCUT2D eigenvalue weighted by atomic mass is 16.1. The SMILES string of the molecule is C=C1CC(=O)C(C)(C)C1(C)C. The van der Waals surface area contributed by atoms with Gasteiger partial charge >= 0.3 is 0 Å². The first-order valence-electron chi connectivity index (χ1n) is 4.01. The Morgan fingerprint density at radius 2 is 1.64 bits per heavy atom. The Hall–Kier alpha value is -0.590. The van der Waals surface area contributed by atoms with Crippen molar-refractivity contribution in [3.05, 3.63) is 12.2 Å². The number of hydrogen-bond donors (Lipinski definition) is 0. The van der Waals surface area contributed by atoms with E-state index >= 15 is 0 Å². The summed E-state index contributed by atoms with van der Waals surface area (Å²) in [5.41, 5.74) is 0.834. The largest absolute Gasteiger partial charge is 0.299 e. The molecular formula is C10H16O. The first-order chi connectivity index (χ1) is 4.80. The summed E-state index contributed by atoms with van der Waals surface area (Å²) >= 11 is 0. The van der Waals surface area contributed by atoms with Gasteiger partial charge in [-0.1, -0.05) is 39.8 Å². The number of carbonyl (C=O) groups excluding carboxylic acids is 1. The molecular weight excluding hydrogens is 136 g/mol. The molecule has 1 rings (SSSR count). The Bertz CT molecular complexity index is 197. The minimum Gasteiger partial charge on any atom is -0.299 e. The zero-order valence-electron chi connectivity index (χ0n) is 7.82. The summed E-state index contributed by atoms with van der Waals surface area (Å²) in [6, 6.07) is 0. The van der Waals surface area contributed by atoms with Crippen molar-refractivity contribution in [3.63, 3.8) is 0 Å². The fourth-order valence-corrected chi connectivity index (χ4v) is 1.43. The van der Waals surface area contributed by atoms with Crippen molar-refractivity contribution in [1.82, 2.24) is 0 Å². The van der Waals surface area contributed by atoms with Crippen molar-refractivity contribution in [3.8, 4) is 0 Å². The smallest absolute Gasteiger partial charge is 0.143 e. The third kappa shape index (κ3) is 0.867. The molecule has 1 nitrogen and oxygen atoms in total. The van der Waals surface area contributed by atoms with Crippen LogP contribution in [0.3, 0.4) is 0 Å². The molecule has 0 saturated heterocycles. The number of hydrogen-bond acceptors (Lipinski definition) is 1. The molecule has 0 amide bonds. The van der Waals surface area contributed by atoms with Gasteiger partial charge in [-0.25, -0.2) is 0 Å². The van der Waals surface area contributed by atoms with Gasteiger partial charge in [0.05, 0.1) is 0 Å². The number of Topliss-reactive ketones (excluding diaryl/α,β-unsaturated/α-hetero) is 1. The molecule has 0 unspecified atom stereocenters. The van der Waals surface area contributed by atoms with E-state index in [2.05, 4.69) is 20.4 Å². The second-order valence-corrected chi connectivity index (χ2v) is 4.45. The Morgan fingerprint density at radius 3 is 1.73 bits per heavy atom. The van der Waals surface area contributed by atoms with E-state index in [-0.39, 0.29) is 10.8 Å². The lowest BCUT2D eigenvalue weighted by Crippen LogP contribution is -2.32. The van der Waals surface area contributed by atoms with Gasteiger partial charge in [0.25, 0.3) is 0 Å². The van der Waals surface area contributed by atoms with Crippen LogP contribution in [0.25, 0.3) is 0 Å². The van der Waals surface area contributed by atoms with Crippen LogP contribution in [-0.4, -0.2) is 5.78 Å². The van der Waals surface area contributed by atoms with E-state index in [1.165, 1.54) is 0 Å². The number of allylic oxidation sites excluding steroid dienone is 1. The number of ketones is 1. The number of carbonyl (C=O) groups is 1. The first-order valence-corrected chi connectivity index (χ1v) is 4.01. The van der Waals surface area contributed by atoms with E-state index in [1.54, 1.807) is 0 Å². The zero-order chi connectivity index (χ0) is 8.86. The van der Waals surface area contributed by atoms with Crippen molar-refractivity contribution in [2.24, 2.45) is 10.8 Å². The molecule has 0 heterocycles. The molecule has 0 aromatic rings. The third-order valence-electron chi connectivity index (χ3n) is 3.52. The highest BCUT2D eigenvalue weighted by Gasteiger charge is 2.50. The third-order valence-corrected chi connectivity index (χ3v) is 3.52. The van der Waals surface area contributed by atoms with Crippen LogP contribution in [-0.2, 0) is 4.79 Å². The predicted octanol–water partition coefficient (Wildman–Crippen LogP) is 2.57. The fourth-order valence-electron chi connectivity index (χ4n) is 1.43. The Morgan fingerprint density at radius 1 is 1.18 bits per heavy atom. The molecule has 0 aromatic heterocycles. The predicted molar refractivity (Wildman–Crippen MR) is 46.3 cm³/mol. The maximum atomic E-state index is 11.5. The molecule has 0 atom stereocenters. The highest BCUT2D eigenvalue weighted by molar-refractivity contribution is 5.91. The van der Waals surface area contributed by atoms with Gasteiger partial charge < -0.3 is 0 Å². The summed E-state index contributed by atoms with van der Waals surface area (Å²) in [6.45, 7) is 12.1. The van der Waals surface area contributed by atoms with Crippen molar-refractivity contribution < 1.29 is 4.79 Å². The Balaban J connectivity index is 3.15. The van der Waals surface area contributed by atoms with E-state index in [0.717, 1.165) is 5.57 Å². The van der Waals surface area contributed by atoms with Gasteiger partial charge in [0, 0.05) is 11.8 Å². The maximum Gasteiger partial charge on any atom is 0.143 e. The zero-order valence-corrected chi connectivity index (χ0v) is 7.82. The molecule has 0 spiro atoms. The Kier molecular flexibility index (Phi) is 1.52. The van der Waals surface area contributed by atoms with Crippen molar-refractivity contribution >= 4 is 5.78 Å². The van der Waals surface area contributed by atoms with E-state index < -0.39 is 0 Å². The van der Waals surface area contributed by atoms with Crippen molar-refractivity contribution in [2.75, 3.05) is 0 Å². The summed E-state index contributed by atoms with van der Waals surface area (Å²) in [7, 11) is 0. The molecule has 0 bridgehead atoms. The highest BCUT2D eigenvalue weighted by Crippen LogP contribution is 2.52. The van der Waals surface area contributed by atoms with Crippen molar-refractivity contribution in [1.29, 1.82) is 0 Å². The minimum absolute atomic E-state index is 0.0237. The van der Waals surface area contributed by atoms with Crippen LogP contribution in [0.15, 0.2) is 12.2 Å². The summed E-state index contributed by atoms with van der Waals surface area (Å²) < 4.78 is 0. The lowest BCUT2D eigenvalue weighted by molar-refractivity contribution is -0.126. The maximum absolute atomic E-state index is 11.5. The molecule has 1 heteroatoms. The van der Waals surface area contributed by atoms with E-state index in [1.807, 2.05) is 13.8 Å². The molecule has 1 saturated carbocycles. The van der Waals surface area contributed by atoms with Crippen LogP contribution in [0.1, 0.15) is 34.1 Å². The van der Waals surface area contributed by atoms with Crippen LogP contribution in [0.4, 0.5) is 0 Å². The first kappa shape index (κ1) is 8.51. The molecule has 1 fully saturated rings. The molecule has 0 aliphatic heterocycles. The molecule has 11 heavy (non-hydrogen) atoms. The monoisotopic (exact) mass is 152 g/mol. The molecule has 0 radical (unpaired) electrons. The van der Waals surface area contributed by atoms with Gasteiger partial charge in [0.2, 0.25) is 0 Å². The van der Waals surface area contributed by atoms with E-state index in [4.69, 9.17) is 0 Å². The van der Waals surface area contributed by atoms with Gasteiger partial charge in [-0.2, -0.15) is 0 Å². The summed E-state index contributed by atoms with van der Waals surface area (Å²) in [5.74, 6) is 0.326. The minimum atomic E-state index is -0.218. The molecule has 0 aromatic carbocycles. The van der Waals surface area contributed by atoms with Crippen LogP contribution in [0.5, 0.6) is 0 Å². The quantitative estimate of drug-likeness (QED) is 0.487. The van der Waals surface area contributed by atoms with Gasteiger partial charge in [0.15, 0.2) is 0 Å². The normalized spacial score (nSPS) is 27.6. The van der Waals surface area contributed by atoms with Gasteiger partial charge in [-0.3, -0.25) is 4.79 Å². The molecule has 0 N–H and O–H groups in total. The standard InChI is InChI=1S/C10H16O/c1-7-6-8(11)10(4,5)9(7,2)3/h1,6H2,2-5H3. The summed E-state index contributed by atoms with van der Waals surface area (Å²) in [5, 5.41) is 0. The average Bonchev–Trinajstić information content (AvgIpc) is 1.95. The average molecular weight is 152 g/mol. The van der Waals surface area contributed by atoms with E-state index in [0.29, 0.717) is 12.2 Å². The molecule has 1 aliphatic carbocycles. The fraction of sp³-hybridized carbons (Fsp3) is 0.700. The topological polar surface area (TPSA) is 17.1 Å². The van der Waals surface area contributed by atoms with E-state index in [9.17, 15) is 4.79 Å². The van der Waals surface area contributed by atoms with Gasteiger partial charge in [-0.15, -0.1) is 0 Å². The second kappa shape index (κ2) is 1.96. The van der Waals surface area contributed by atoms with Crippen molar-refractivity contribution in [2.45, 2.75) is 34.1 Å². The molecule has 1 aliphatic rings. The van der Waals surface area contributed by atoms with Gasteiger partial charge in [0.1, 0.15) is 5.78 Å². The number of rotatable bonds is 0. The summed E-state index contributed by atoms with van der Waals surface area (Å²) in [4.78, 5) is 11.5. The summed E-state index contributed by atoms with van der Waals surface area (Å²) in [6.07, 6.45) is 0.569. The van der Waals surface area contributed by atoms with Crippen LogP contribution < -0.4 is 0 Å². The van der Waals surface area contributed by atoms with Crippen LogP contribution in [0.2, 0.25) is 0 Å². The van der Waals surface area contributed by atoms with Gasteiger partial charge in [-0.05, 0) is 5.41 Å². The Labute approximate surface area is 68.5 Å². The lowest BCUT2D eigenvalue weighted by atomic mass is 9.69.